The fraction of sp³-hybridized carbons (Fsp3) is 0.571. The molecule has 1 aliphatic heterocycles. The molecule has 112 valence electrons. The maximum Gasteiger partial charge on any atom is 0.335 e. The Morgan fingerprint density at radius 3 is 2.15 bits per heavy atom. The van der Waals surface area contributed by atoms with Crippen molar-refractivity contribution in [1.29, 1.82) is 0 Å². The van der Waals surface area contributed by atoms with Gasteiger partial charge in [-0.25, -0.2) is 0 Å². The molecule has 1 aromatic rings. The van der Waals surface area contributed by atoms with E-state index in [0.717, 1.165) is 11.1 Å². The van der Waals surface area contributed by atoms with Crippen LogP contribution in [0.5, 0.6) is 0 Å². The van der Waals surface area contributed by atoms with Gasteiger partial charge in [0.1, 0.15) is 0 Å². The van der Waals surface area contributed by atoms with Gasteiger partial charge in [-0.3, -0.25) is 4.57 Å². The smallest absolute Gasteiger partial charge is 0.335 e. The Labute approximate surface area is 119 Å². The minimum Gasteiger partial charge on any atom is -0.346 e. The van der Waals surface area contributed by atoms with Crippen molar-refractivity contribution in [3.63, 3.8) is 0 Å². The molecular weight excluding hydrogens is 279 g/mol. The summed E-state index contributed by atoms with van der Waals surface area (Å²) in [5.41, 5.74) is 1.88. The van der Waals surface area contributed by atoms with Gasteiger partial charge in [-0.2, -0.15) is 0 Å². The molecule has 1 saturated heterocycles. The van der Waals surface area contributed by atoms with E-state index in [2.05, 4.69) is 0 Å². The SMILES string of the molecule is CCOP(=O)(Cc1ccc(C2OCCO2)cc1)OCC. The van der Waals surface area contributed by atoms with E-state index in [-0.39, 0.29) is 12.5 Å². The fourth-order valence-electron chi connectivity index (χ4n) is 2.08. The molecule has 0 unspecified atom stereocenters. The van der Waals surface area contributed by atoms with Gasteiger partial charge in [0.15, 0.2) is 6.29 Å². The number of rotatable bonds is 7. The molecule has 1 aliphatic rings. The van der Waals surface area contributed by atoms with E-state index in [1.54, 1.807) is 0 Å². The molecule has 6 heteroatoms. The lowest BCUT2D eigenvalue weighted by atomic mass is 10.1. The Morgan fingerprint density at radius 1 is 1.10 bits per heavy atom. The summed E-state index contributed by atoms with van der Waals surface area (Å²) in [5.74, 6) is 0. The molecule has 2 rings (SSSR count). The van der Waals surface area contributed by atoms with Crippen LogP contribution in [0.3, 0.4) is 0 Å². The molecule has 0 aliphatic carbocycles. The van der Waals surface area contributed by atoms with Gasteiger partial charge in [-0.05, 0) is 19.4 Å². The van der Waals surface area contributed by atoms with Crippen molar-refractivity contribution in [2.24, 2.45) is 0 Å². The first-order valence-corrected chi connectivity index (χ1v) is 8.60. The van der Waals surface area contributed by atoms with Crippen LogP contribution in [0, 0.1) is 0 Å². The van der Waals surface area contributed by atoms with Gasteiger partial charge < -0.3 is 18.5 Å². The van der Waals surface area contributed by atoms with Crippen molar-refractivity contribution in [3.8, 4) is 0 Å². The minimum atomic E-state index is -3.04. The van der Waals surface area contributed by atoms with Gasteiger partial charge in [0.05, 0.1) is 32.6 Å². The number of ether oxygens (including phenoxy) is 2. The summed E-state index contributed by atoms with van der Waals surface area (Å²) in [6.07, 6.45) is -0.00363. The molecule has 0 radical (unpaired) electrons. The van der Waals surface area contributed by atoms with Crippen molar-refractivity contribution >= 4 is 7.60 Å². The van der Waals surface area contributed by atoms with Gasteiger partial charge >= 0.3 is 7.60 Å². The predicted molar refractivity (Wildman–Crippen MR) is 75.6 cm³/mol. The lowest BCUT2D eigenvalue weighted by Crippen LogP contribution is -2.01. The summed E-state index contributed by atoms with van der Waals surface area (Å²) < 4.78 is 33.9. The zero-order chi connectivity index (χ0) is 14.4. The van der Waals surface area contributed by atoms with E-state index in [1.165, 1.54) is 0 Å². The van der Waals surface area contributed by atoms with Crippen molar-refractivity contribution in [2.45, 2.75) is 26.3 Å². The third kappa shape index (κ3) is 4.14. The standard InChI is InChI=1S/C14H21O5P/c1-3-18-20(15,19-4-2)11-12-5-7-13(8-6-12)14-16-9-10-17-14/h5-8,14H,3-4,9-11H2,1-2H3. The summed E-state index contributed by atoms with van der Waals surface area (Å²) in [6, 6.07) is 7.66. The van der Waals surface area contributed by atoms with Gasteiger partial charge in [-0.1, -0.05) is 24.3 Å². The average Bonchev–Trinajstić information content (AvgIpc) is 2.94. The van der Waals surface area contributed by atoms with Crippen molar-refractivity contribution < 1.29 is 23.1 Å². The van der Waals surface area contributed by atoms with Crippen LogP contribution in [0.1, 0.15) is 31.3 Å². The molecule has 0 N–H and O–H groups in total. The predicted octanol–water partition coefficient (Wildman–Crippen LogP) is 3.50. The monoisotopic (exact) mass is 300 g/mol. The summed E-state index contributed by atoms with van der Waals surface area (Å²) in [7, 11) is -3.04. The van der Waals surface area contributed by atoms with E-state index in [1.807, 2.05) is 38.1 Å². The van der Waals surface area contributed by atoms with Gasteiger partial charge in [0.25, 0.3) is 0 Å². The van der Waals surface area contributed by atoms with Crippen LogP contribution in [0.15, 0.2) is 24.3 Å². The lowest BCUT2D eigenvalue weighted by molar-refractivity contribution is -0.0441. The molecule has 0 aromatic heterocycles. The third-order valence-corrected chi connectivity index (χ3v) is 4.96. The van der Waals surface area contributed by atoms with Crippen LogP contribution >= 0.6 is 7.60 Å². The van der Waals surface area contributed by atoms with Gasteiger partial charge in [-0.15, -0.1) is 0 Å². The van der Waals surface area contributed by atoms with Crippen LogP contribution in [0.4, 0.5) is 0 Å². The zero-order valence-electron chi connectivity index (χ0n) is 11.9. The molecule has 1 fully saturated rings. The third-order valence-electron chi connectivity index (χ3n) is 2.90. The molecule has 1 aromatic carbocycles. The molecule has 5 nitrogen and oxygen atoms in total. The Kier molecular flexibility index (Phi) is 5.75. The van der Waals surface area contributed by atoms with E-state index in [4.69, 9.17) is 18.5 Å². The summed E-state index contributed by atoms with van der Waals surface area (Å²) in [6.45, 7) is 5.61. The Bertz CT molecular complexity index is 443. The highest BCUT2D eigenvalue weighted by molar-refractivity contribution is 7.53. The molecule has 0 bridgehead atoms. The molecule has 0 spiro atoms. The second kappa shape index (κ2) is 7.34. The maximum atomic E-state index is 12.4. The number of hydrogen-bond acceptors (Lipinski definition) is 5. The van der Waals surface area contributed by atoms with E-state index < -0.39 is 7.60 Å². The Balaban J connectivity index is 2.03. The largest absolute Gasteiger partial charge is 0.346 e. The van der Waals surface area contributed by atoms with Gasteiger partial charge in [0, 0.05) is 5.56 Å². The highest BCUT2D eigenvalue weighted by Crippen LogP contribution is 2.51. The first-order valence-electron chi connectivity index (χ1n) is 6.87. The maximum absolute atomic E-state index is 12.4. The van der Waals surface area contributed by atoms with Crippen molar-refractivity contribution in [2.75, 3.05) is 26.4 Å². The summed E-state index contributed by atoms with van der Waals surface area (Å²) in [5, 5.41) is 0. The summed E-state index contributed by atoms with van der Waals surface area (Å²) in [4.78, 5) is 0. The van der Waals surface area contributed by atoms with Crippen molar-refractivity contribution in [1.82, 2.24) is 0 Å². The number of hydrogen-bond donors (Lipinski definition) is 0. The molecular formula is C14H21O5P. The zero-order valence-corrected chi connectivity index (χ0v) is 12.8. The Hall–Kier alpha value is -0.710. The van der Waals surface area contributed by atoms with E-state index >= 15 is 0 Å². The van der Waals surface area contributed by atoms with E-state index in [0.29, 0.717) is 26.4 Å². The first kappa shape index (κ1) is 15.7. The van der Waals surface area contributed by atoms with Crippen LogP contribution in [-0.4, -0.2) is 26.4 Å². The van der Waals surface area contributed by atoms with Crippen LogP contribution in [0.2, 0.25) is 0 Å². The second-order valence-electron chi connectivity index (χ2n) is 4.42. The highest BCUT2D eigenvalue weighted by atomic mass is 31.2. The number of benzene rings is 1. The van der Waals surface area contributed by atoms with Crippen LogP contribution < -0.4 is 0 Å². The minimum absolute atomic E-state index is 0.279. The molecule has 0 atom stereocenters. The molecule has 20 heavy (non-hydrogen) atoms. The molecule has 0 amide bonds. The van der Waals surface area contributed by atoms with Crippen LogP contribution in [0.25, 0.3) is 0 Å². The fourth-order valence-corrected chi connectivity index (χ4v) is 3.78. The topological polar surface area (TPSA) is 54.0 Å². The molecule has 1 heterocycles. The summed E-state index contributed by atoms with van der Waals surface area (Å²) >= 11 is 0. The highest BCUT2D eigenvalue weighted by Gasteiger charge is 2.24. The van der Waals surface area contributed by atoms with Crippen LogP contribution in [-0.2, 0) is 29.2 Å². The quantitative estimate of drug-likeness (QED) is 0.721. The van der Waals surface area contributed by atoms with Gasteiger partial charge in [0.2, 0.25) is 0 Å². The molecule has 0 saturated carbocycles. The Morgan fingerprint density at radius 2 is 1.65 bits per heavy atom. The second-order valence-corrected chi connectivity index (χ2v) is 6.47. The average molecular weight is 300 g/mol. The van der Waals surface area contributed by atoms with Crippen molar-refractivity contribution in [3.05, 3.63) is 35.4 Å². The normalized spacial score (nSPS) is 16.7. The van der Waals surface area contributed by atoms with E-state index in [9.17, 15) is 4.57 Å². The first-order chi connectivity index (χ1) is 9.67. The lowest BCUT2D eigenvalue weighted by Gasteiger charge is -2.17.